The molecule has 1 aromatic rings. The van der Waals surface area contributed by atoms with E-state index in [1.165, 1.54) is 23.3 Å². The Hall–Kier alpha value is -0.470. The zero-order valence-electron chi connectivity index (χ0n) is 10.6. The number of thioether (sulfide) groups is 1. The minimum Gasteiger partial charge on any atom is -0.323 e. The van der Waals surface area contributed by atoms with Crippen LogP contribution in [0.4, 0.5) is 0 Å². The zero-order valence-corrected chi connectivity index (χ0v) is 11.4. The molecule has 0 saturated carbocycles. The van der Waals surface area contributed by atoms with E-state index >= 15 is 0 Å². The highest BCUT2D eigenvalue weighted by Crippen LogP contribution is 2.25. The fourth-order valence-electron chi connectivity index (χ4n) is 1.65. The Morgan fingerprint density at radius 3 is 2.31 bits per heavy atom. The van der Waals surface area contributed by atoms with Gasteiger partial charge in [0.15, 0.2) is 0 Å². The van der Waals surface area contributed by atoms with Crippen molar-refractivity contribution >= 4 is 11.8 Å². The van der Waals surface area contributed by atoms with Gasteiger partial charge in [-0.2, -0.15) is 11.8 Å². The standard InChI is InChI=1S/C14H23NS/c1-4-10-16-11(3)14(15)13-8-6-12(5-2)7-9-13/h6-9,11,14H,4-5,10,15H2,1-3H3. The van der Waals surface area contributed by atoms with Crippen LogP contribution in [0.2, 0.25) is 0 Å². The summed E-state index contributed by atoms with van der Waals surface area (Å²) < 4.78 is 0. The highest BCUT2D eigenvalue weighted by molar-refractivity contribution is 7.99. The van der Waals surface area contributed by atoms with Crippen molar-refractivity contribution < 1.29 is 0 Å². The van der Waals surface area contributed by atoms with Crippen LogP contribution in [0.3, 0.4) is 0 Å². The van der Waals surface area contributed by atoms with Crippen LogP contribution >= 0.6 is 11.8 Å². The molecule has 0 fully saturated rings. The number of hydrogen-bond acceptors (Lipinski definition) is 2. The quantitative estimate of drug-likeness (QED) is 0.815. The van der Waals surface area contributed by atoms with Crippen molar-refractivity contribution in [1.29, 1.82) is 0 Å². The van der Waals surface area contributed by atoms with Gasteiger partial charge in [-0.05, 0) is 29.7 Å². The molecule has 2 atom stereocenters. The first-order chi connectivity index (χ1) is 7.69. The van der Waals surface area contributed by atoms with E-state index in [1.54, 1.807) is 0 Å². The number of rotatable bonds is 6. The monoisotopic (exact) mass is 237 g/mol. The van der Waals surface area contributed by atoms with Gasteiger partial charge in [-0.1, -0.05) is 45.0 Å². The van der Waals surface area contributed by atoms with Crippen molar-refractivity contribution in [1.82, 2.24) is 0 Å². The molecule has 0 aromatic heterocycles. The van der Waals surface area contributed by atoms with Gasteiger partial charge in [0.2, 0.25) is 0 Å². The summed E-state index contributed by atoms with van der Waals surface area (Å²) in [6, 6.07) is 8.88. The van der Waals surface area contributed by atoms with Crippen molar-refractivity contribution in [3.8, 4) is 0 Å². The van der Waals surface area contributed by atoms with Gasteiger partial charge in [0.25, 0.3) is 0 Å². The Bertz CT molecular complexity index is 294. The average molecular weight is 237 g/mol. The SMILES string of the molecule is CCCSC(C)C(N)c1ccc(CC)cc1. The lowest BCUT2D eigenvalue weighted by atomic mass is 10.0. The lowest BCUT2D eigenvalue weighted by Gasteiger charge is -2.19. The van der Waals surface area contributed by atoms with E-state index in [1.807, 2.05) is 11.8 Å². The summed E-state index contributed by atoms with van der Waals surface area (Å²) >= 11 is 1.96. The van der Waals surface area contributed by atoms with Crippen LogP contribution in [0.25, 0.3) is 0 Å². The molecule has 1 nitrogen and oxygen atoms in total. The van der Waals surface area contributed by atoms with Crippen molar-refractivity contribution in [2.75, 3.05) is 5.75 Å². The highest BCUT2D eigenvalue weighted by atomic mass is 32.2. The van der Waals surface area contributed by atoms with Crippen molar-refractivity contribution in [2.45, 2.75) is 44.9 Å². The first-order valence-electron chi connectivity index (χ1n) is 6.15. The minimum absolute atomic E-state index is 0.155. The molecule has 0 aliphatic carbocycles. The molecular weight excluding hydrogens is 214 g/mol. The summed E-state index contributed by atoms with van der Waals surface area (Å²) in [5.74, 6) is 1.20. The second-order valence-corrected chi connectivity index (χ2v) is 5.68. The number of nitrogens with two attached hydrogens (primary N) is 1. The molecule has 16 heavy (non-hydrogen) atoms. The van der Waals surface area contributed by atoms with Gasteiger partial charge in [0.05, 0.1) is 0 Å². The third-order valence-electron chi connectivity index (χ3n) is 2.86. The zero-order chi connectivity index (χ0) is 12.0. The molecule has 2 unspecified atom stereocenters. The maximum atomic E-state index is 6.25. The molecule has 0 bridgehead atoms. The third-order valence-corrected chi connectivity index (χ3v) is 4.33. The average Bonchev–Trinajstić information content (AvgIpc) is 2.35. The maximum Gasteiger partial charge on any atom is 0.0412 e. The van der Waals surface area contributed by atoms with Crippen molar-refractivity contribution in [3.63, 3.8) is 0 Å². The predicted octanol–water partition coefficient (Wildman–Crippen LogP) is 3.78. The predicted molar refractivity (Wildman–Crippen MR) is 75.0 cm³/mol. The van der Waals surface area contributed by atoms with Gasteiger partial charge in [-0.25, -0.2) is 0 Å². The molecular formula is C14H23NS. The summed E-state index contributed by atoms with van der Waals surface area (Å²) in [6.45, 7) is 6.61. The Labute approximate surface area is 104 Å². The lowest BCUT2D eigenvalue weighted by molar-refractivity contribution is 0.714. The van der Waals surface area contributed by atoms with Gasteiger partial charge in [-0.15, -0.1) is 0 Å². The molecule has 0 saturated heterocycles. The Morgan fingerprint density at radius 2 is 1.81 bits per heavy atom. The molecule has 2 heteroatoms. The molecule has 0 heterocycles. The van der Waals surface area contributed by atoms with Gasteiger partial charge >= 0.3 is 0 Å². The van der Waals surface area contributed by atoms with Crippen LogP contribution in [-0.4, -0.2) is 11.0 Å². The van der Waals surface area contributed by atoms with Gasteiger partial charge < -0.3 is 5.73 Å². The fourth-order valence-corrected chi connectivity index (χ4v) is 2.63. The Kier molecular flexibility index (Phi) is 5.93. The summed E-state index contributed by atoms with van der Waals surface area (Å²) in [5, 5.41) is 0.493. The van der Waals surface area contributed by atoms with Gasteiger partial charge in [0.1, 0.15) is 0 Å². The largest absolute Gasteiger partial charge is 0.323 e. The van der Waals surface area contributed by atoms with Crippen LogP contribution in [0, 0.1) is 0 Å². The molecule has 0 amide bonds. The van der Waals surface area contributed by atoms with E-state index in [-0.39, 0.29) is 6.04 Å². The second-order valence-electron chi connectivity index (χ2n) is 4.20. The number of aryl methyl sites for hydroxylation is 1. The molecule has 0 radical (unpaired) electrons. The van der Waals surface area contributed by atoms with E-state index in [4.69, 9.17) is 5.73 Å². The van der Waals surface area contributed by atoms with Crippen LogP contribution in [0.1, 0.15) is 44.4 Å². The third kappa shape index (κ3) is 3.84. The minimum atomic E-state index is 0.155. The fraction of sp³-hybridized carbons (Fsp3) is 0.571. The Balaban J connectivity index is 2.60. The molecule has 90 valence electrons. The topological polar surface area (TPSA) is 26.0 Å². The van der Waals surface area contributed by atoms with Crippen molar-refractivity contribution in [3.05, 3.63) is 35.4 Å². The van der Waals surface area contributed by atoms with Crippen LogP contribution in [0.5, 0.6) is 0 Å². The summed E-state index contributed by atoms with van der Waals surface area (Å²) in [4.78, 5) is 0. The second kappa shape index (κ2) is 6.97. The van der Waals surface area contributed by atoms with Gasteiger partial charge in [0, 0.05) is 11.3 Å². The van der Waals surface area contributed by atoms with Crippen LogP contribution < -0.4 is 5.73 Å². The molecule has 1 aromatic carbocycles. The molecule has 2 N–H and O–H groups in total. The van der Waals surface area contributed by atoms with E-state index in [2.05, 4.69) is 45.0 Å². The first kappa shape index (κ1) is 13.6. The normalized spacial score (nSPS) is 14.8. The molecule has 0 aliphatic heterocycles. The summed E-state index contributed by atoms with van der Waals surface area (Å²) in [7, 11) is 0. The Morgan fingerprint density at radius 1 is 1.19 bits per heavy atom. The van der Waals surface area contributed by atoms with Crippen LogP contribution in [0.15, 0.2) is 24.3 Å². The molecule has 0 spiro atoms. The van der Waals surface area contributed by atoms with E-state index in [0.29, 0.717) is 5.25 Å². The van der Waals surface area contributed by atoms with E-state index in [0.717, 1.165) is 6.42 Å². The maximum absolute atomic E-state index is 6.25. The number of hydrogen-bond donors (Lipinski definition) is 1. The summed E-state index contributed by atoms with van der Waals surface area (Å²) in [5.41, 5.74) is 8.89. The number of benzene rings is 1. The first-order valence-corrected chi connectivity index (χ1v) is 7.19. The smallest absolute Gasteiger partial charge is 0.0412 e. The van der Waals surface area contributed by atoms with Gasteiger partial charge in [-0.3, -0.25) is 0 Å². The lowest BCUT2D eigenvalue weighted by Crippen LogP contribution is -2.21. The van der Waals surface area contributed by atoms with E-state index < -0.39 is 0 Å². The summed E-state index contributed by atoms with van der Waals surface area (Å²) in [6.07, 6.45) is 2.31. The van der Waals surface area contributed by atoms with Crippen LogP contribution in [-0.2, 0) is 6.42 Å². The van der Waals surface area contributed by atoms with Crippen molar-refractivity contribution in [2.24, 2.45) is 5.73 Å². The highest BCUT2D eigenvalue weighted by Gasteiger charge is 2.14. The van der Waals surface area contributed by atoms with E-state index in [9.17, 15) is 0 Å². The molecule has 0 aliphatic rings. The molecule has 1 rings (SSSR count).